The molecule has 0 aliphatic carbocycles. The third-order valence-electron chi connectivity index (χ3n) is 5.06. The SMILES string of the molecule is O=C(CCCC1CCN(C(=O)c2cccc3ccccc23)CC1)NO. The molecule has 2 amide bonds. The third kappa shape index (κ3) is 4.17. The van der Waals surface area contributed by atoms with Gasteiger partial charge in [-0.15, -0.1) is 0 Å². The van der Waals surface area contributed by atoms with Crippen molar-refractivity contribution in [2.45, 2.75) is 32.1 Å². The van der Waals surface area contributed by atoms with E-state index >= 15 is 0 Å². The Morgan fingerprint density at radius 2 is 1.80 bits per heavy atom. The molecule has 1 aliphatic heterocycles. The van der Waals surface area contributed by atoms with Gasteiger partial charge in [-0.25, -0.2) is 5.48 Å². The van der Waals surface area contributed by atoms with Crippen LogP contribution in [0, 0.1) is 5.92 Å². The van der Waals surface area contributed by atoms with Crippen molar-refractivity contribution in [3.05, 3.63) is 48.0 Å². The Bertz CT molecular complexity index is 746. The van der Waals surface area contributed by atoms with Gasteiger partial charge in [-0.1, -0.05) is 36.4 Å². The van der Waals surface area contributed by atoms with Gasteiger partial charge in [0.25, 0.3) is 5.91 Å². The van der Waals surface area contributed by atoms with Gasteiger partial charge in [0.2, 0.25) is 5.91 Å². The summed E-state index contributed by atoms with van der Waals surface area (Å²) in [5.41, 5.74) is 2.44. The van der Waals surface area contributed by atoms with Crippen molar-refractivity contribution < 1.29 is 14.8 Å². The van der Waals surface area contributed by atoms with E-state index in [-0.39, 0.29) is 11.8 Å². The van der Waals surface area contributed by atoms with E-state index in [4.69, 9.17) is 5.21 Å². The van der Waals surface area contributed by atoms with E-state index in [0.717, 1.165) is 55.1 Å². The van der Waals surface area contributed by atoms with E-state index < -0.39 is 0 Å². The summed E-state index contributed by atoms with van der Waals surface area (Å²) in [6.45, 7) is 1.53. The van der Waals surface area contributed by atoms with E-state index in [9.17, 15) is 9.59 Å². The quantitative estimate of drug-likeness (QED) is 0.648. The molecule has 5 nitrogen and oxygen atoms in total. The summed E-state index contributed by atoms with van der Waals surface area (Å²) in [5, 5.41) is 10.6. The average Bonchev–Trinajstić information content (AvgIpc) is 2.67. The lowest BCUT2D eigenvalue weighted by atomic mass is 9.91. The van der Waals surface area contributed by atoms with Crippen LogP contribution in [0.1, 0.15) is 42.5 Å². The van der Waals surface area contributed by atoms with Crippen LogP contribution in [0.5, 0.6) is 0 Å². The van der Waals surface area contributed by atoms with Gasteiger partial charge in [0.1, 0.15) is 0 Å². The van der Waals surface area contributed by atoms with Crippen LogP contribution in [-0.2, 0) is 4.79 Å². The van der Waals surface area contributed by atoms with Crippen molar-refractivity contribution in [1.82, 2.24) is 10.4 Å². The Morgan fingerprint density at radius 1 is 1.08 bits per heavy atom. The topological polar surface area (TPSA) is 69.6 Å². The highest BCUT2D eigenvalue weighted by molar-refractivity contribution is 6.07. The minimum Gasteiger partial charge on any atom is -0.339 e. The van der Waals surface area contributed by atoms with Gasteiger partial charge < -0.3 is 4.90 Å². The van der Waals surface area contributed by atoms with Crippen LogP contribution in [0.2, 0.25) is 0 Å². The Kier molecular flexibility index (Phi) is 5.66. The van der Waals surface area contributed by atoms with E-state index in [1.54, 1.807) is 5.48 Å². The number of carbonyl (C=O) groups excluding carboxylic acids is 2. The first-order valence-corrected chi connectivity index (χ1v) is 8.89. The lowest BCUT2D eigenvalue weighted by Gasteiger charge is -2.32. The molecule has 25 heavy (non-hydrogen) atoms. The van der Waals surface area contributed by atoms with Crippen molar-refractivity contribution in [3.63, 3.8) is 0 Å². The van der Waals surface area contributed by atoms with Crippen molar-refractivity contribution in [3.8, 4) is 0 Å². The first kappa shape index (κ1) is 17.4. The minimum absolute atomic E-state index is 0.106. The number of hydrogen-bond donors (Lipinski definition) is 2. The highest BCUT2D eigenvalue weighted by Gasteiger charge is 2.24. The molecular weight excluding hydrogens is 316 g/mol. The highest BCUT2D eigenvalue weighted by atomic mass is 16.5. The van der Waals surface area contributed by atoms with E-state index in [2.05, 4.69) is 0 Å². The number of carbonyl (C=O) groups is 2. The molecule has 2 aromatic rings. The van der Waals surface area contributed by atoms with Crippen molar-refractivity contribution in [1.29, 1.82) is 0 Å². The Balaban J connectivity index is 1.57. The molecule has 0 atom stereocenters. The number of nitrogens with one attached hydrogen (secondary N) is 1. The summed E-state index contributed by atoms with van der Waals surface area (Å²) in [6.07, 6.45) is 4.03. The summed E-state index contributed by atoms with van der Waals surface area (Å²) in [7, 11) is 0. The molecule has 1 fully saturated rings. The normalized spacial score (nSPS) is 15.3. The number of amides is 2. The van der Waals surface area contributed by atoms with Crippen LogP contribution in [0.4, 0.5) is 0 Å². The minimum atomic E-state index is -0.330. The lowest BCUT2D eigenvalue weighted by molar-refractivity contribution is -0.129. The highest BCUT2D eigenvalue weighted by Crippen LogP contribution is 2.26. The fourth-order valence-corrected chi connectivity index (χ4v) is 3.61. The Hall–Kier alpha value is -2.40. The standard InChI is InChI=1S/C20H24N2O3/c23-19(21-25)10-3-5-15-11-13-22(14-12-15)20(24)18-9-4-7-16-6-1-2-8-17(16)18/h1-2,4,6-9,15,25H,3,5,10-14H2,(H,21,23). The van der Waals surface area contributed by atoms with Crippen LogP contribution in [-0.4, -0.2) is 35.0 Å². The molecule has 1 heterocycles. The molecule has 2 N–H and O–H groups in total. The Morgan fingerprint density at radius 3 is 2.56 bits per heavy atom. The number of nitrogens with zero attached hydrogens (tertiary/aromatic N) is 1. The maximum Gasteiger partial charge on any atom is 0.254 e. The molecule has 0 radical (unpaired) electrons. The predicted octanol–water partition coefficient (Wildman–Crippen LogP) is 3.37. The second-order valence-corrected chi connectivity index (χ2v) is 6.69. The zero-order valence-electron chi connectivity index (χ0n) is 14.3. The molecule has 3 rings (SSSR count). The van der Waals surface area contributed by atoms with Crippen molar-refractivity contribution >= 4 is 22.6 Å². The molecule has 1 aliphatic rings. The molecule has 5 heteroatoms. The lowest BCUT2D eigenvalue weighted by Crippen LogP contribution is -2.38. The molecular formula is C20H24N2O3. The van der Waals surface area contributed by atoms with Crippen molar-refractivity contribution in [2.24, 2.45) is 5.92 Å². The third-order valence-corrected chi connectivity index (χ3v) is 5.06. The van der Waals surface area contributed by atoms with Crippen LogP contribution in [0.3, 0.4) is 0 Å². The number of likely N-dealkylation sites (tertiary alicyclic amines) is 1. The maximum atomic E-state index is 12.9. The van der Waals surface area contributed by atoms with Crippen LogP contribution in [0.15, 0.2) is 42.5 Å². The summed E-state index contributed by atoms with van der Waals surface area (Å²) < 4.78 is 0. The van der Waals surface area contributed by atoms with Crippen LogP contribution >= 0.6 is 0 Å². The number of benzene rings is 2. The van der Waals surface area contributed by atoms with Crippen molar-refractivity contribution in [2.75, 3.05) is 13.1 Å². The second kappa shape index (κ2) is 8.12. The Labute approximate surface area is 147 Å². The molecule has 0 spiro atoms. The molecule has 1 saturated heterocycles. The zero-order valence-corrected chi connectivity index (χ0v) is 14.3. The fraction of sp³-hybridized carbons (Fsp3) is 0.400. The summed E-state index contributed by atoms with van der Waals surface area (Å²) >= 11 is 0. The monoisotopic (exact) mass is 340 g/mol. The second-order valence-electron chi connectivity index (χ2n) is 6.69. The molecule has 132 valence electrons. The van der Waals surface area contributed by atoms with Gasteiger partial charge in [-0.3, -0.25) is 14.8 Å². The molecule has 0 unspecified atom stereocenters. The summed E-state index contributed by atoms with van der Waals surface area (Å²) in [6, 6.07) is 13.9. The van der Waals surface area contributed by atoms with E-state index in [1.807, 2.05) is 47.4 Å². The first-order valence-electron chi connectivity index (χ1n) is 8.89. The van der Waals surface area contributed by atoms with Gasteiger partial charge >= 0.3 is 0 Å². The van der Waals surface area contributed by atoms with E-state index in [0.29, 0.717) is 12.3 Å². The van der Waals surface area contributed by atoms with Gasteiger partial charge in [0.15, 0.2) is 0 Å². The number of piperidine rings is 1. The largest absolute Gasteiger partial charge is 0.339 e. The molecule has 2 aromatic carbocycles. The number of rotatable bonds is 5. The first-order chi connectivity index (χ1) is 12.2. The predicted molar refractivity (Wildman–Crippen MR) is 96.4 cm³/mol. The number of fused-ring (bicyclic) bond motifs is 1. The molecule has 0 bridgehead atoms. The van der Waals surface area contributed by atoms with Gasteiger partial charge in [0, 0.05) is 25.1 Å². The van der Waals surface area contributed by atoms with E-state index in [1.165, 1.54) is 0 Å². The maximum absolute atomic E-state index is 12.9. The van der Waals surface area contributed by atoms with Crippen LogP contribution < -0.4 is 5.48 Å². The smallest absolute Gasteiger partial charge is 0.254 e. The van der Waals surface area contributed by atoms with Gasteiger partial charge in [-0.2, -0.15) is 0 Å². The van der Waals surface area contributed by atoms with Gasteiger partial charge in [0.05, 0.1) is 0 Å². The average molecular weight is 340 g/mol. The summed E-state index contributed by atoms with van der Waals surface area (Å²) in [5.74, 6) is 0.321. The number of hydrogen-bond acceptors (Lipinski definition) is 3. The number of hydroxylamine groups is 1. The molecule has 0 saturated carbocycles. The zero-order chi connectivity index (χ0) is 17.6. The summed E-state index contributed by atoms with van der Waals surface area (Å²) in [4.78, 5) is 25.9. The fourth-order valence-electron chi connectivity index (χ4n) is 3.61. The molecule has 0 aromatic heterocycles. The van der Waals surface area contributed by atoms with Gasteiger partial charge in [-0.05, 0) is 48.4 Å². The van der Waals surface area contributed by atoms with Crippen LogP contribution in [0.25, 0.3) is 10.8 Å².